The van der Waals surface area contributed by atoms with Gasteiger partial charge in [0.05, 0.1) is 17.7 Å². The Morgan fingerprint density at radius 1 is 1.56 bits per heavy atom. The van der Waals surface area contributed by atoms with Gasteiger partial charge in [-0.3, -0.25) is 0 Å². The third kappa shape index (κ3) is 2.90. The molecule has 0 aromatic carbocycles. The van der Waals surface area contributed by atoms with Gasteiger partial charge in [-0.25, -0.2) is 26.5 Å². The SMILES string of the molecule is CCc1ncc(S(=O)(=O)NC2CCS(=O)(=O)C2)[nH]1. The molecule has 0 amide bonds. The first-order chi connectivity index (χ1) is 8.32. The molecule has 1 aliphatic heterocycles. The quantitative estimate of drug-likeness (QED) is 0.773. The largest absolute Gasteiger partial charge is 0.332 e. The van der Waals surface area contributed by atoms with Crippen molar-refractivity contribution in [3.8, 4) is 0 Å². The van der Waals surface area contributed by atoms with Crippen LogP contribution in [0.25, 0.3) is 0 Å². The summed E-state index contributed by atoms with van der Waals surface area (Å²) in [5.41, 5.74) is 0. The summed E-state index contributed by atoms with van der Waals surface area (Å²) < 4.78 is 48.8. The minimum absolute atomic E-state index is 0.0244. The molecule has 1 saturated heterocycles. The minimum atomic E-state index is -3.72. The highest BCUT2D eigenvalue weighted by atomic mass is 32.2. The van der Waals surface area contributed by atoms with E-state index in [-0.39, 0.29) is 16.5 Å². The van der Waals surface area contributed by atoms with Gasteiger partial charge in [-0.15, -0.1) is 0 Å². The number of hydrogen-bond acceptors (Lipinski definition) is 5. The first-order valence-corrected chi connectivity index (χ1v) is 8.89. The number of nitrogens with zero attached hydrogens (tertiary/aromatic N) is 1. The van der Waals surface area contributed by atoms with Gasteiger partial charge in [-0.1, -0.05) is 6.92 Å². The standard InChI is InChI=1S/C9H15N3O4S2/c1-2-8-10-5-9(11-8)18(15,16)12-7-3-4-17(13,14)6-7/h5,7,12H,2-4,6H2,1H3,(H,10,11). The van der Waals surface area contributed by atoms with E-state index in [4.69, 9.17) is 0 Å². The zero-order valence-corrected chi connectivity index (χ0v) is 11.5. The zero-order valence-electron chi connectivity index (χ0n) is 9.88. The second-order valence-electron chi connectivity index (χ2n) is 4.27. The summed E-state index contributed by atoms with van der Waals surface area (Å²) in [6.07, 6.45) is 2.16. The number of hydrogen-bond donors (Lipinski definition) is 2. The maximum absolute atomic E-state index is 12.0. The molecular weight excluding hydrogens is 278 g/mol. The van der Waals surface area contributed by atoms with Crippen molar-refractivity contribution in [2.75, 3.05) is 11.5 Å². The van der Waals surface area contributed by atoms with E-state index in [0.29, 0.717) is 18.7 Å². The smallest absolute Gasteiger partial charge is 0.257 e. The second kappa shape index (κ2) is 4.63. The van der Waals surface area contributed by atoms with Gasteiger partial charge < -0.3 is 4.98 Å². The van der Waals surface area contributed by atoms with E-state index in [0.717, 1.165) is 0 Å². The van der Waals surface area contributed by atoms with Crippen molar-refractivity contribution in [2.45, 2.75) is 30.8 Å². The number of aromatic nitrogens is 2. The van der Waals surface area contributed by atoms with Crippen molar-refractivity contribution >= 4 is 19.9 Å². The first kappa shape index (κ1) is 13.5. The average Bonchev–Trinajstić information content (AvgIpc) is 2.84. The Hall–Kier alpha value is -0.930. The summed E-state index contributed by atoms with van der Waals surface area (Å²) >= 11 is 0. The highest BCUT2D eigenvalue weighted by Crippen LogP contribution is 2.14. The van der Waals surface area contributed by atoms with E-state index in [1.54, 1.807) is 0 Å². The van der Waals surface area contributed by atoms with Gasteiger partial charge >= 0.3 is 0 Å². The van der Waals surface area contributed by atoms with E-state index in [1.165, 1.54) is 6.20 Å². The average molecular weight is 293 g/mol. The first-order valence-electron chi connectivity index (χ1n) is 5.59. The van der Waals surface area contributed by atoms with E-state index in [9.17, 15) is 16.8 Å². The number of aromatic amines is 1. The Morgan fingerprint density at radius 2 is 2.28 bits per heavy atom. The van der Waals surface area contributed by atoms with Crippen molar-refractivity contribution in [3.63, 3.8) is 0 Å². The van der Waals surface area contributed by atoms with Crippen LogP contribution in [0.5, 0.6) is 0 Å². The fourth-order valence-corrected chi connectivity index (χ4v) is 4.82. The summed E-state index contributed by atoms with van der Waals surface area (Å²) in [7, 11) is -6.82. The van der Waals surface area contributed by atoms with E-state index >= 15 is 0 Å². The number of H-pyrrole nitrogens is 1. The van der Waals surface area contributed by atoms with Crippen molar-refractivity contribution in [1.29, 1.82) is 0 Å². The lowest BCUT2D eigenvalue weighted by atomic mass is 10.3. The number of rotatable bonds is 4. The Kier molecular flexibility index (Phi) is 3.47. The summed E-state index contributed by atoms with van der Waals surface area (Å²) in [5.74, 6) is 0.471. The molecule has 7 nitrogen and oxygen atoms in total. The predicted molar refractivity (Wildman–Crippen MR) is 65.3 cm³/mol. The lowest BCUT2D eigenvalue weighted by molar-refractivity contribution is 0.559. The second-order valence-corrected chi connectivity index (χ2v) is 8.18. The van der Waals surface area contributed by atoms with Crippen LogP contribution in [0.15, 0.2) is 11.2 Å². The maximum Gasteiger partial charge on any atom is 0.257 e. The summed E-state index contributed by atoms with van der Waals surface area (Å²) in [4.78, 5) is 6.60. The minimum Gasteiger partial charge on any atom is -0.332 e. The molecule has 102 valence electrons. The Bertz CT molecular complexity index is 633. The van der Waals surface area contributed by atoms with Crippen LogP contribution in [0.2, 0.25) is 0 Å². The Labute approximate surface area is 106 Å². The molecule has 2 rings (SSSR count). The number of aryl methyl sites for hydroxylation is 1. The van der Waals surface area contributed by atoms with Crippen molar-refractivity contribution < 1.29 is 16.8 Å². The van der Waals surface area contributed by atoms with Crippen LogP contribution in [0, 0.1) is 0 Å². The van der Waals surface area contributed by atoms with Crippen LogP contribution in [0.3, 0.4) is 0 Å². The number of sulfonamides is 1. The molecule has 0 aliphatic carbocycles. The van der Waals surface area contributed by atoms with Gasteiger partial charge in [-0.2, -0.15) is 0 Å². The molecule has 1 aromatic heterocycles. The lowest BCUT2D eigenvalue weighted by Gasteiger charge is -2.09. The molecule has 1 atom stereocenters. The number of nitrogens with one attached hydrogen (secondary N) is 2. The van der Waals surface area contributed by atoms with E-state index in [2.05, 4.69) is 14.7 Å². The lowest BCUT2D eigenvalue weighted by Crippen LogP contribution is -2.35. The predicted octanol–water partition coefficient (Wildman–Crippen LogP) is -0.562. The third-order valence-corrected chi connectivity index (χ3v) is 5.98. The molecule has 1 unspecified atom stereocenters. The van der Waals surface area contributed by atoms with Gasteiger partial charge in [0.1, 0.15) is 5.82 Å². The van der Waals surface area contributed by atoms with E-state index in [1.807, 2.05) is 6.92 Å². The number of imidazole rings is 1. The monoisotopic (exact) mass is 293 g/mol. The van der Waals surface area contributed by atoms with Crippen molar-refractivity contribution in [1.82, 2.24) is 14.7 Å². The van der Waals surface area contributed by atoms with Crippen LogP contribution < -0.4 is 4.72 Å². The van der Waals surface area contributed by atoms with Gasteiger partial charge in [0.15, 0.2) is 14.9 Å². The molecule has 0 saturated carbocycles. The Balaban J connectivity index is 2.13. The number of sulfone groups is 1. The molecule has 2 N–H and O–H groups in total. The molecule has 0 radical (unpaired) electrons. The highest BCUT2D eigenvalue weighted by Gasteiger charge is 2.31. The van der Waals surface area contributed by atoms with Crippen LogP contribution in [-0.2, 0) is 26.3 Å². The summed E-state index contributed by atoms with van der Waals surface area (Å²) in [6, 6.07) is -0.548. The molecule has 0 spiro atoms. The van der Waals surface area contributed by atoms with Crippen LogP contribution in [0.4, 0.5) is 0 Å². The highest BCUT2D eigenvalue weighted by molar-refractivity contribution is 7.92. The van der Waals surface area contributed by atoms with Gasteiger partial charge in [0.25, 0.3) is 10.0 Å². The third-order valence-electron chi connectivity index (χ3n) is 2.78. The topological polar surface area (TPSA) is 109 Å². The zero-order chi connectivity index (χ0) is 13.4. The molecule has 1 aliphatic rings. The Morgan fingerprint density at radius 3 is 2.78 bits per heavy atom. The fraction of sp³-hybridized carbons (Fsp3) is 0.667. The van der Waals surface area contributed by atoms with Gasteiger partial charge in [0, 0.05) is 12.5 Å². The van der Waals surface area contributed by atoms with Crippen LogP contribution >= 0.6 is 0 Å². The van der Waals surface area contributed by atoms with Gasteiger partial charge in [0.2, 0.25) is 0 Å². The van der Waals surface area contributed by atoms with Gasteiger partial charge in [-0.05, 0) is 6.42 Å². The molecule has 2 heterocycles. The normalized spacial score (nSPS) is 23.3. The van der Waals surface area contributed by atoms with Crippen molar-refractivity contribution in [2.24, 2.45) is 0 Å². The molecule has 0 bridgehead atoms. The molecule has 1 fully saturated rings. The maximum atomic E-state index is 12.0. The molecule has 1 aromatic rings. The molecule has 18 heavy (non-hydrogen) atoms. The molecule has 9 heteroatoms. The van der Waals surface area contributed by atoms with Crippen molar-refractivity contribution in [3.05, 3.63) is 12.0 Å². The van der Waals surface area contributed by atoms with E-state index < -0.39 is 25.9 Å². The summed E-state index contributed by atoms with van der Waals surface area (Å²) in [5, 5.41) is -0.0244. The summed E-state index contributed by atoms with van der Waals surface area (Å²) in [6.45, 7) is 1.85. The molecular formula is C9H15N3O4S2. The fourth-order valence-electron chi connectivity index (χ4n) is 1.83. The van der Waals surface area contributed by atoms with Crippen LogP contribution in [-0.4, -0.2) is 44.4 Å². The van der Waals surface area contributed by atoms with Crippen LogP contribution in [0.1, 0.15) is 19.2 Å².